The fourth-order valence-corrected chi connectivity index (χ4v) is 0.253. The van der Waals surface area contributed by atoms with Gasteiger partial charge in [-0.05, 0) is 6.07 Å². The average molecular weight is 199 g/mol. The van der Waals surface area contributed by atoms with Gasteiger partial charge in [0.25, 0.3) is 5.97 Å². The maximum atomic E-state index is 9.00. The predicted octanol–water partition coefficient (Wildman–Crippen LogP) is -0.594. The van der Waals surface area contributed by atoms with E-state index >= 15 is 0 Å². The molecule has 0 saturated carbocycles. The molecule has 0 spiro atoms. The van der Waals surface area contributed by atoms with Gasteiger partial charge in [0.15, 0.2) is 5.96 Å². The fourth-order valence-electron chi connectivity index (χ4n) is 0.253. The number of aromatic nitrogens is 2. The smallest absolute Gasteiger partial charge is 0.300 e. The highest BCUT2D eigenvalue weighted by molar-refractivity contribution is 5.71. The van der Waals surface area contributed by atoms with Gasteiger partial charge in [0.1, 0.15) is 6.33 Å². The van der Waals surface area contributed by atoms with Crippen molar-refractivity contribution in [2.45, 2.75) is 6.92 Å². The molecule has 1 aromatic rings. The van der Waals surface area contributed by atoms with Crippen LogP contribution in [0.1, 0.15) is 6.92 Å². The van der Waals surface area contributed by atoms with Crippen molar-refractivity contribution < 1.29 is 9.90 Å². The molecule has 0 fully saturated rings. The molecule has 14 heavy (non-hydrogen) atoms. The molecular formula is C7H13N5O2. The molecule has 0 radical (unpaired) electrons. The van der Waals surface area contributed by atoms with E-state index in [2.05, 4.69) is 21.4 Å². The average Bonchev–Trinajstić information content (AvgIpc) is 2.05. The summed E-state index contributed by atoms with van der Waals surface area (Å²) in [4.78, 5) is 16.3. The number of carboxylic acid groups (broad SMARTS) is 1. The number of nitrogens with one attached hydrogen (secondary N) is 1. The number of rotatable bonds is 0. The van der Waals surface area contributed by atoms with Crippen LogP contribution in [0.5, 0.6) is 0 Å². The molecule has 1 heterocycles. The van der Waals surface area contributed by atoms with E-state index in [0.717, 1.165) is 6.92 Å². The second kappa shape index (κ2) is 10.8. The van der Waals surface area contributed by atoms with Crippen molar-refractivity contribution in [2.24, 2.45) is 11.5 Å². The zero-order valence-electron chi connectivity index (χ0n) is 7.71. The molecule has 0 aliphatic carbocycles. The lowest BCUT2D eigenvalue weighted by Crippen LogP contribution is -2.20. The molecule has 7 heteroatoms. The maximum Gasteiger partial charge on any atom is 0.300 e. The summed E-state index contributed by atoms with van der Waals surface area (Å²) in [5.74, 6) is -1.17. The molecule has 1 aromatic heterocycles. The Morgan fingerprint density at radius 3 is 1.71 bits per heavy atom. The van der Waals surface area contributed by atoms with Gasteiger partial charge in [-0.25, -0.2) is 9.97 Å². The number of hydrogen-bond donors (Lipinski definition) is 4. The Hall–Kier alpha value is -2.18. The van der Waals surface area contributed by atoms with Gasteiger partial charge in [0.05, 0.1) is 0 Å². The summed E-state index contributed by atoms with van der Waals surface area (Å²) in [5.41, 5.74) is 8.94. The molecule has 0 unspecified atom stereocenters. The number of nitrogens with two attached hydrogens (primary N) is 2. The van der Waals surface area contributed by atoms with Crippen molar-refractivity contribution in [3.8, 4) is 0 Å². The summed E-state index contributed by atoms with van der Waals surface area (Å²) < 4.78 is 0. The summed E-state index contributed by atoms with van der Waals surface area (Å²) in [5, 5.41) is 13.5. The van der Waals surface area contributed by atoms with Crippen LogP contribution in [-0.2, 0) is 4.79 Å². The molecule has 1 rings (SSSR count). The zero-order chi connectivity index (χ0) is 11.4. The standard InChI is InChI=1S/C4H4N2.C2H4O2.CH5N3/c1-2-5-4-6-3-1;1-2(3)4;2-1(3)4/h1-4H;1H3,(H,3,4);(H5,2,3,4). The molecule has 0 atom stereocenters. The highest BCUT2D eigenvalue weighted by Gasteiger charge is 1.65. The van der Waals surface area contributed by atoms with Gasteiger partial charge >= 0.3 is 0 Å². The minimum Gasteiger partial charge on any atom is -0.481 e. The largest absolute Gasteiger partial charge is 0.481 e. The molecule has 0 aliphatic heterocycles. The number of nitrogens with zero attached hydrogens (tertiary/aromatic N) is 2. The molecule has 0 aliphatic rings. The molecule has 7 nitrogen and oxygen atoms in total. The molecule has 0 aromatic carbocycles. The maximum absolute atomic E-state index is 9.00. The van der Waals surface area contributed by atoms with E-state index in [9.17, 15) is 0 Å². The normalized spacial score (nSPS) is 6.93. The Labute approximate surface area is 81.3 Å². The minimum absolute atomic E-state index is 0.333. The summed E-state index contributed by atoms with van der Waals surface area (Å²) in [6, 6.07) is 1.78. The third-order valence-corrected chi connectivity index (χ3v) is 0.478. The summed E-state index contributed by atoms with van der Waals surface area (Å²) >= 11 is 0. The highest BCUT2D eigenvalue weighted by atomic mass is 16.4. The van der Waals surface area contributed by atoms with Crippen LogP contribution in [0.2, 0.25) is 0 Å². The van der Waals surface area contributed by atoms with Crippen molar-refractivity contribution in [2.75, 3.05) is 0 Å². The van der Waals surface area contributed by atoms with E-state index in [1.54, 1.807) is 18.5 Å². The van der Waals surface area contributed by atoms with E-state index in [-0.39, 0.29) is 5.96 Å². The number of aliphatic carboxylic acids is 1. The van der Waals surface area contributed by atoms with E-state index in [1.807, 2.05) is 0 Å². The molecule has 0 amide bonds. The number of guanidine groups is 1. The van der Waals surface area contributed by atoms with Gasteiger partial charge in [0, 0.05) is 19.3 Å². The Kier molecular flexibility index (Phi) is 11.1. The first-order valence-corrected chi connectivity index (χ1v) is 3.45. The van der Waals surface area contributed by atoms with Crippen molar-refractivity contribution in [1.29, 1.82) is 5.41 Å². The number of carboxylic acids is 1. The van der Waals surface area contributed by atoms with Gasteiger partial charge in [-0.1, -0.05) is 0 Å². The van der Waals surface area contributed by atoms with E-state index < -0.39 is 5.97 Å². The first kappa shape index (κ1) is 14.3. The topological polar surface area (TPSA) is 139 Å². The van der Waals surface area contributed by atoms with Crippen LogP contribution >= 0.6 is 0 Å². The van der Waals surface area contributed by atoms with Crippen molar-refractivity contribution in [3.05, 3.63) is 24.8 Å². The summed E-state index contributed by atoms with van der Waals surface area (Å²) in [7, 11) is 0. The van der Waals surface area contributed by atoms with E-state index in [4.69, 9.17) is 15.3 Å². The van der Waals surface area contributed by atoms with Crippen LogP contribution in [0.3, 0.4) is 0 Å². The number of carbonyl (C=O) groups is 1. The van der Waals surface area contributed by atoms with E-state index in [1.165, 1.54) is 6.33 Å². The SMILES string of the molecule is CC(=O)O.N=C(N)N.c1cncnc1. The van der Waals surface area contributed by atoms with Crippen LogP contribution in [0.25, 0.3) is 0 Å². The van der Waals surface area contributed by atoms with Gasteiger partial charge in [-0.3, -0.25) is 10.2 Å². The molecule has 6 N–H and O–H groups in total. The third kappa shape index (κ3) is 52.4. The van der Waals surface area contributed by atoms with Crippen LogP contribution in [0.15, 0.2) is 24.8 Å². The van der Waals surface area contributed by atoms with Crippen LogP contribution in [0.4, 0.5) is 0 Å². The Morgan fingerprint density at radius 2 is 1.64 bits per heavy atom. The second-order valence-electron chi connectivity index (χ2n) is 1.88. The number of hydrogen-bond acceptors (Lipinski definition) is 4. The van der Waals surface area contributed by atoms with Gasteiger partial charge in [-0.15, -0.1) is 0 Å². The highest BCUT2D eigenvalue weighted by Crippen LogP contribution is 1.66. The Bertz CT molecular complexity index is 205. The van der Waals surface area contributed by atoms with Crippen molar-refractivity contribution in [1.82, 2.24) is 9.97 Å². The molecule has 0 bridgehead atoms. The summed E-state index contributed by atoms with van der Waals surface area (Å²) in [6.45, 7) is 1.08. The Balaban J connectivity index is 0. The van der Waals surface area contributed by atoms with Crippen molar-refractivity contribution >= 4 is 11.9 Å². The third-order valence-electron chi connectivity index (χ3n) is 0.478. The lowest BCUT2D eigenvalue weighted by atomic mass is 10.7. The second-order valence-corrected chi connectivity index (χ2v) is 1.88. The molecule has 78 valence electrons. The van der Waals surface area contributed by atoms with E-state index in [0.29, 0.717) is 0 Å². The van der Waals surface area contributed by atoms with Gasteiger partial charge in [0.2, 0.25) is 0 Å². The lowest BCUT2D eigenvalue weighted by molar-refractivity contribution is -0.134. The lowest BCUT2D eigenvalue weighted by Gasteiger charge is -1.70. The molecule has 0 saturated heterocycles. The summed E-state index contributed by atoms with van der Waals surface area (Å²) in [6.07, 6.45) is 4.88. The van der Waals surface area contributed by atoms with Crippen LogP contribution in [-0.4, -0.2) is 27.0 Å². The van der Waals surface area contributed by atoms with Crippen LogP contribution < -0.4 is 11.5 Å². The van der Waals surface area contributed by atoms with Crippen molar-refractivity contribution in [3.63, 3.8) is 0 Å². The van der Waals surface area contributed by atoms with Gasteiger partial charge in [-0.2, -0.15) is 0 Å². The first-order valence-electron chi connectivity index (χ1n) is 3.45. The fraction of sp³-hybridized carbons (Fsp3) is 0.143. The minimum atomic E-state index is -0.833. The first-order chi connectivity index (χ1) is 6.46. The zero-order valence-corrected chi connectivity index (χ0v) is 7.71. The van der Waals surface area contributed by atoms with Crippen LogP contribution in [0, 0.1) is 5.41 Å². The van der Waals surface area contributed by atoms with Gasteiger partial charge < -0.3 is 16.6 Å². The Morgan fingerprint density at radius 1 is 1.36 bits per heavy atom. The monoisotopic (exact) mass is 199 g/mol. The predicted molar refractivity (Wildman–Crippen MR) is 51.4 cm³/mol. The molecular weight excluding hydrogens is 186 g/mol. The quantitative estimate of drug-likeness (QED) is 0.325.